The molecule has 48 heavy (non-hydrogen) atoms. The van der Waals surface area contributed by atoms with Crippen LogP contribution in [-0.2, 0) is 21.5 Å². The van der Waals surface area contributed by atoms with E-state index in [2.05, 4.69) is 19.7 Å². The molecule has 1 atom stereocenters. The fourth-order valence-corrected chi connectivity index (χ4v) is 7.95. The van der Waals surface area contributed by atoms with Gasteiger partial charge < -0.3 is 25.2 Å². The maximum atomic E-state index is 13.3. The number of amides is 1. The second-order valence-electron chi connectivity index (χ2n) is 13.3. The summed E-state index contributed by atoms with van der Waals surface area (Å²) in [7, 11) is 1.71. The van der Waals surface area contributed by atoms with Crippen molar-refractivity contribution in [2.24, 2.45) is 11.7 Å². The minimum Gasteiger partial charge on any atom is -0.496 e. The van der Waals surface area contributed by atoms with Crippen molar-refractivity contribution in [2.75, 3.05) is 72.7 Å². The zero-order valence-electron chi connectivity index (χ0n) is 28.7. The van der Waals surface area contributed by atoms with E-state index in [1.165, 1.54) is 0 Å². The quantitative estimate of drug-likeness (QED) is 0.184. The highest BCUT2D eigenvalue weighted by molar-refractivity contribution is 5.91. The Morgan fingerprint density at radius 3 is 2.23 bits per heavy atom. The molecule has 0 saturated carbocycles. The van der Waals surface area contributed by atoms with E-state index in [9.17, 15) is 9.90 Å². The van der Waals surface area contributed by atoms with Crippen LogP contribution in [0.15, 0.2) is 79.1 Å². The Morgan fingerprint density at radius 2 is 1.58 bits per heavy atom. The average molecular weight is 658 g/mol. The fraction of sp³-hybridized carbons (Fsp3) is 0.538. The summed E-state index contributed by atoms with van der Waals surface area (Å²) in [5, 5.41) is 9.74. The summed E-state index contributed by atoms with van der Waals surface area (Å²) in [6.45, 7) is 9.07. The Bertz CT molecular complexity index is 1330. The highest BCUT2D eigenvalue weighted by Gasteiger charge is 2.49. The number of ether oxygens (including phenoxy) is 2. The van der Waals surface area contributed by atoms with Crippen molar-refractivity contribution in [3.8, 4) is 5.75 Å². The monoisotopic (exact) mass is 657 g/mol. The Balaban J connectivity index is 1.00. The van der Waals surface area contributed by atoms with E-state index >= 15 is 0 Å². The second-order valence-corrected chi connectivity index (χ2v) is 13.3. The number of rotatable bonds is 19. The molecule has 9 nitrogen and oxygen atoms in total. The third-order valence-electron chi connectivity index (χ3n) is 10.4. The lowest BCUT2D eigenvalue weighted by atomic mass is 9.64. The first-order valence-corrected chi connectivity index (χ1v) is 17.8. The number of benzene rings is 2. The molecule has 3 heterocycles. The number of unbranched alkanes of at least 4 members (excludes halogenated alkanes) is 1. The van der Waals surface area contributed by atoms with Gasteiger partial charge in [0, 0.05) is 63.4 Å². The zero-order chi connectivity index (χ0) is 33.6. The third kappa shape index (κ3) is 9.01. The van der Waals surface area contributed by atoms with E-state index in [-0.39, 0.29) is 18.4 Å². The van der Waals surface area contributed by atoms with Crippen LogP contribution in [0.2, 0.25) is 0 Å². The first-order valence-electron chi connectivity index (χ1n) is 17.8. The van der Waals surface area contributed by atoms with Crippen LogP contribution in [-0.4, -0.2) is 109 Å². The number of carbonyl (C=O) groups is 1. The molecule has 0 spiro atoms. The van der Waals surface area contributed by atoms with E-state index in [1.807, 2.05) is 72.9 Å². The molecule has 1 aromatic heterocycles. The fourth-order valence-electron chi connectivity index (χ4n) is 7.95. The largest absolute Gasteiger partial charge is 0.496 e. The average Bonchev–Trinajstić information content (AvgIpc) is 3.59. The van der Waals surface area contributed by atoms with Crippen LogP contribution in [0.3, 0.4) is 0 Å². The first-order chi connectivity index (χ1) is 23.6. The number of piperidine rings is 1. The molecule has 2 aliphatic rings. The van der Waals surface area contributed by atoms with Gasteiger partial charge in [-0.15, -0.1) is 0 Å². The number of aliphatic hydroxyl groups excluding tert-OH is 1. The van der Waals surface area contributed by atoms with Crippen molar-refractivity contribution >= 4 is 5.91 Å². The van der Waals surface area contributed by atoms with E-state index < -0.39 is 5.41 Å². The molecular formula is C39H55N5O4. The van der Waals surface area contributed by atoms with Gasteiger partial charge in [-0.2, -0.15) is 0 Å². The number of carbonyl (C=O) groups excluding carboxylic acids is 1. The van der Waals surface area contributed by atoms with Gasteiger partial charge in [-0.1, -0.05) is 60.7 Å². The SMILES string of the molecule is COc1ccncc1CN1CCC(N(CCO)CCCCOCCCN2CC[C@@H](C(C(N)=O)(c3ccccc3)c3ccccc3)C2)CC1. The van der Waals surface area contributed by atoms with Crippen LogP contribution in [0, 0.1) is 5.92 Å². The molecule has 2 aromatic carbocycles. The maximum absolute atomic E-state index is 13.3. The van der Waals surface area contributed by atoms with Crippen molar-refractivity contribution in [1.82, 2.24) is 19.7 Å². The Labute approximate surface area is 287 Å². The molecule has 3 aromatic rings. The lowest BCUT2D eigenvalue weighted by Crippen LogP contribution is -2.49. The number of methoxy groups -OCH3 is 1. The smallest absolute Gasteiger partial charge is 0.232 e. The van der Waals surface area contributed by atoms with E-state index in [1.54, 1.807) is 13.3 Å². The van der Waals surface area contributed by atoms with Crippen LogP contribution in [0.4, 0.5) is 0 Å². The Hall–Kier alpha value is -3.34. The van der Waals surface area contributed by atoms with Gasteiger partial charge in [-0.25, -0.2) is 0 Å². The molecule has 0 radical (unpaired) electrons. The molecule has 0 unspecified atom stereocenters. The molecule has 2 saturated heterocycles. The molecule has 2 fully saturated rings. The number of aliphatic hydroxyl groups is 1. The number of primary amides is 1. The normalized spacial score (nSPS) is 18.0. The Kier molecular flexibility index (Phi) is 13.8. The summed E-state index contributed by atoms with van der Waals surface area (Å²) in [5.41, 5.74) is 8.50. The summed E-state index contributed by atoms with van der Waals surface area (Å²) in [5.74, 6) is 0.731. The highest BCUT2D eigenvalue weighted by atomic mass is 16.5. The van der Waals surface area contributed by atoms with Crippen molar-refractivity contribution in [1.29, 1.82) is 0 Å². The molecule has 0 aliphatic carbocycles. The number of likely N-dealkylation sites (tertiary alicyclic amines) is 2. The van der Waals surface area contributed by atoms with Crippen molar-refractivity contribution < 1.29 is 19.4 Å². The van der Waals surface area contributed by atoms with Gasteiger partial charge in [0.25, 0.3) is 0 Å². The van der Waals surface area contributed by atoms with Gasteiger partial charge in [-0.3, -0.25) is 19.6 Å². The summed E-state index contributed by atoms with van der Waals surface area (Å²) in [6, 6.07) is 22.6. The van der Waals surface area contributed by atoms with E-state index in [4.69, 9.17) is 15.2 Å². The van der Waals surface area contributed by atoms with Crippen molar-refractivity contribution in [3.63, 3.8) is 0 Å². The summed E-state index contributed by atoms with van der Waals surface area (Å²) >= 11 is 0. The van der Waals surface area contributed by atoms with Gasteiger partial charge in [-0.05, 0) is 87.8 Å². The van der Waals surface area contributed by atoms with Gasteiger partial charge in [0.1, 0.15) is 11.2 Å². The molecule has 2 aliphatic heterocycles. The minimum absolute atomic E-state index is 0.111. The van der Waals surface area contributed by atoms with Crippen molar-refractivity contribution in [3.05, 3.63) is 95.8 Å². The topological polar surface area (TPSA) is 104 Å². The van der Waals surface area contributed by atoms with Crippen LogP contribution < -0.4 is 10.5 Å². The zero-order valence-corrected chi connectivity index (χ0v) is 28.7. The lowest BCUT2D eigenvalue weighted by Gasteiger charge is -2.38. The molecule has 0 bridgehead atoms. The lowest BCUT2D eigenvalue weighted by molar-refractivity contribution is -0.123. The Morgan fingerprint density at radius 1 is 0.917 bits per heavy atom. The van der Waals surface area contributed by atoms with Crippen molar-refractivity contribution in [2.45, 2.75) is 56.5 Å². The van der Waals surface area contributed by atoms with E-state index in [0.717, 1.165) is 127 Å². The van der Waals surface area contributed by atoms with Crippen LogP contribution in [0.1, 0.15) is 55.2 Å². The predicted molar refractivity (Wildman–Crippen MR) is 190 cm³/mol. The first kappa shape index (κ1) is 36.0. The highest BCUT2D eigenvalue weighted by Crippen LogP contribution is 2.43. The standard InChI is InChI=1S/C39H55N5O4/c1-47-37-15-19-41-29-32(37)30-43-23-17-36(18-24-43)44(25-26-45)21-8-9-27-48-28-10-20-42-22-16-35(31-42)39(38(40)46,33-11-4-2-5-12-33)34-13-6-3-7-14-34/h2-7,11-15,19,29,35-36,45H,8-10,16-18,20-28,30-31H2,1H3,(H2,40,46)/t35-/m1/s1. The number of hydrogen-bond acceptors (Lipinski definition) is 8. The molecule has 5 rings (SSSR count). The predicted octanol–water partition coefficient (Wildman–Crippen LogP) is 4.33. The number of nitrogens with two attached hydrogens (primary N) is 1. The third-order valence-corrected chi connectivity index (χ3v) is 10.4. The molecule has 3 N–H and O–H groups in total. The minimum atomic E-state index is -0.845. The van der Waals surface area contributed by atoms with Crippen LogP contribution >= 0.6 is 0 Å². The second kappa shape index (κ2) is 18.4. The van der Waals surface area contributed by atoms with Gasteiger partial charge in [0.15, 0.2) is 0 Å². The summed E-state index contributed by atoms with van der Waals surface area (Å²) < 4.78 is 11.6. The molecule has 260 valence electrons. The number of hydrogen-bond donors (Lipinski definition) is 2. The number of nitrogens with zero attached hydrogens (tertiary/aromatic N) is 4. The van der Waals surface area contributed by atoms with E-state index in [0.29, 0.717) is 6.04 Å². The molecule has 9 heteroatoms. The number of pyridine rings is 1. The van der Waals surface area contributed by atoms with Crippen LogP contribution in [0.25, 0.3) is 0 Å². The number of aromatic nitrogens is 1. The van der Waals surface area contributed by atoms with Gasteiger partial charge >= 0.3 is 0 Å². The maximum Gasteiger partial charge on any atom is 0.232 e. The van der Waals surface area contributed by atoms with Gasteiger partial charge in [0.05, 0.1) is 13.7 Å². The van der Waals surface area contributed by atoms with Gasteiger partial charge in [0.2, 0.25) is 5.91 Å². The molecule has 1 amide bonds. The summed E-state index contributed by atoms with van der Waals surface area (Å²) in [6.07, 6.45) is 9.86. The molecular weight excluding hydrogens is 602 g/mol. The summed E-state index contributed by atoms with van der Waals surface area (Å²) in [4.78, 5) is 25.0. The van der Waals surface area contributed by atoms with Crippen LogP contribution in [0.5, 0.6) is 5.75 Å².